The average Bonchev–Trinajstić information content (AvgIpc) is 2.92. The number of nitro groups is 1. The molecule has 0 fully saturated rings. The average molecular weight is 295 g/mol. The van der Waals surface area contributed by atoms with Gasteiger partial charge in [-0.3, -0.25) is 14.8 Å². The van der Waals surface area contributed by atoms with Gasteiger partial charge in [-0.1, -0.05) is 11.6 Å². The summed E-state index contributed by atoms with van der Waals surface area (Å²) in [6.07, 6.45) is 4.55. The molecule has 1 heterocycles. The number of halogens is 1. The predicted molar refractivity (Wildman–Crippen MR) is 76.7 cm³/mol. The summed E-state index contributed by atoms with van der Waals surface area (Å²) >= 11 is 5.77. The van der Waals surface area contributed by atoms with Crippen LogP contribution in [0.2, 0.25) is 5.02 Å². The lowest BCUT2D eigenvalue weighted by molar-refractivity contribution is -0.385. The molecule has 0 aliphatic heterocycles. The van der Waals surface area contributed by atoms with Crippen molar-refractivity contribution < 1.29 is 4.92 Å². The maximum atomic E-state index is 10.9. The van der Waals surface area contributed by atoms with E-state index in [-0.39, 0.29) is 5.69 Å². The minimum Gasteiger partial charge on any atom is -0.312 e. The van der Waals surface area contributed by atoms with Crippen molar-refractivity contribution in [1.29, 1.82) is 0 Å². The fraction of sp³-hybridized carbons (Fsp3) is 0.308. The van der Waals surface area contributed by atoms with E-state index in [2.05, 4.69) is 10.4 Å². The van der Waals surface area contributed by atoms with Gasteiger partial charge in [0.15, 0.2) is 0 Å². The summed E-state index contributed by atoms with van der Waals surface area (Å²) in [5.41, 5.74) is 0.690. The molecule has 0 radical (unpaired) electrons. The zero-order chi connectivity index (χ0) is 14.4. The molecule has 0 atom stereocenters. The second kappa shape index (κ2) is 7.02. The zero-order valence-electron chi connectivity index (χ0n) is 10.8. The standard InChI is InChI=1S/C13H15ClN4O2/c14-12-4-3-11(13(9-12)18(19)20)10-15-5-1-7-17-8-2-6-16-17/h2-4,6,8-9,15H,1,5,7,10H2. The summed E-state index contributed by atoms with van der Waals surface area (Å²) in [5.74, 6) is 0. The van der Waals surface area contributed by atoms with E-state index in [1.165, 1.54) is 6.07 Å². The van der Waals surface area contributed by atoms with Crippen LogP contribution in [0.1, 0.15) is 12.0 Å². The first kappa shape index (κ1) is 14.5. The summed E-state index contributed by atoms with van der Waals surface area (Å²) in [7, 11) is 0. The van der Waals surface area contributed by atoms with E-state index in [4.69, 9.17) is 11.6 Å². The molecule has 6 nitrogen and oxygen atoms in total. The summed E-state index contributed by atoms with van der Waals surface area (Å²) in [5, 5.41) is 18.6. The largest absolute Gasteiger partial charge is 0.312 e. The van der Waals surface area contributed by atoms with E-state index >= 15 is 0 Å². The van der Waals surface area contributed by atoms with Gasteiger partial charge in [-0.25, -0.2) is 0 Å². The van der Waals surface area contributed by atoms with Gasteiger partial charge in [0.25, 0.3) is 5.69 Å². The molecule has 0 aliphatic carbocycles. The molecule has 0 saturated carbocycles. The number of rotatable bonds is 7. The molecule has 1 aromatic heterocycles. The molecule has 2 aromatic rings. The highest BCUT2D eigenvalue weighted by Gasteiger charge is 2.13. The minimum absolute atomic E-state index is 0.0528. The van der Waals surface area contributed by atoms with Gasteiger partial charge in [0.05, 0.1) is 4.92 Å². The number of nitrogens with one attached hydrogen (secondary N) is 1. The van der Waals surface area contributed by atoms with E-state index in [0.717, 1.165) is 19.5 Å². The second-order valence-electron chi connectivity index (χ2n) is 4.33. The predicted octanol–water partition coefficient (Wildman–Crippen LogP) is 2.62. The molecule has 0 saturated heterocycles. The molecular formula is C13H15ClN4O2. The van der Waals surface area contributed by atoms with Crippen LogP contribution in [0.4, 0.5) is 5.69 Å². The van der Waals surface area contributed by atoms with Gasteiger partial charge >= 0.3 is 0 Å². The summed E-state index contributed by atoms with van der Waals surface area (Å²) in [6.45, 7) is 2.04. The Morgan fingerprint density at radius 3 is 3.00 bits per heavy atom. The van der Waals surface area contributed by atoms with Crippen molar-refractivity contribution in [2.24, 2.45) is 0 Å². The molecule has 1 aromatic carbocycles. The number of aromatic nitrogens is 2. The molecule has 2 rings (SSSR count). The molecular weight excluding hydrogens is 280 g/mol. The Balaban J connectivity index is 1.80. The molecule has 0 amide bonds. The number of hydrogen-bond acceptors (Lipinski definition) is 4. The first-order chi connectivity index (χ1) is 9.66. The molecule has 0 aliphatic rings. The lowest BCUT2D eigenvalue weighted by Gasteiger charge is -2.06. The topological polar surface area (TPSA) is 73.0 Å². The molecule has 0 spiro atoms. The summed E-state index contributed by atoms with van der Waals surface area (Å²) < 4.78 is 1.85. The van der Waals surface area contributed by atoms with Crippen molar-refractivity contribution in [3.63, 3.8) is 0 Å². The fourth-order valence-corrected chi connectivity index (χ4v) is 2.04. The maximum Gasteiger partial charge on any atom is 0.275 e. The Bertz CT molecular complexity index is 572. The first-order valence-corrected chi connectivity index (χ1v) is 6.65. The Morgan fingerprint density at radius 1 is 1.45 bits per heavy atom. The van der Waals surface area contributed by atoms with Crippen molar-refractivity contribution in [2.45, 2.75) is 19.5 Å². The van der Waals surface area contributed by atoms with Crippen molar-refractivity contribution in [1.82, 2.24) is 15.1 Å². The highest BCUT2D eigenvalue weighted by Crippen LogP contribution is 2.22. The number of aryl methyl sites for hydroxylation is 1. The van der Waals surface area contributed by atoms with Crippen LogP contribution in [0, 0.1) is 10.1 Å². The van der Waals surface area contributed by atoms with Crippen molar-refractivity contribution in [3.8, 4) is 0 Å². The van der Waals surface area contributed by atoms with Crippen LogP contribution in [0.5, 0.6) is 0 Å². The van der Waals surface area contributed by atoms with E-state index in [1.807, 2.05) is 16.9 Å². The zero-order valence-corrected chi connectivity index (χ0v) is 11.6. The van der Waals surface area contributed by atoms with Crippen molar-refractivity contribution in [2.75, 3.05) is 6.54 Å². The lowest BCUT2D eigenvalue weighted by Crippen LogP contribution is -2.17. The van der Waals surface area contributed by atoms with E-state index in [0.29, 0.717) is 17.1 Å². The second-order valence-corrected chi connectivity index (χ2v) is 4.77. The SMILES string of the molecule is O=[N+]([O-])c1cc(Cl)ccc1CNCCCn1cccn1. The third-order valence-electron chi connectivity index (χ3n) is 2.86. The number of nitro benzene ring substituents is 1. The summed E-state index contributed by atoms with van der Waals surface area (Å²) in [4.78, 5) is 10.5. The Labute approximate surface area is 121 Å². The minimum atomic E-state index is -0.410. The third kappa shape index (κ3) is 4.04. The highest BCUT2D eigenvalue weighted by molar-refractivity contribution is 6.30. The van der Waals surface area contributed by atoms with Gasteiger partial charge < -0.3 is 5.32 Å². The van der Waals surface area contributed by atoms with Gasteiger partial charge in [0.1, 0.15) is 0 Å². The van der Waals surface area contributed by atoms with Crippen LogP contribution in [-0.2, 0) is 13.1 Å². The fourth-order valence-electron chi connectivity index (χ4n) is 1.88. The molecule has 7 heteroatoms. The van der Waals surface area contributed by atoms with Gasteiger partial charge in [-0.05, 0) is 31.2 Å². The Hall–Kier alpha value is -1.92. The van der Waals surface area contributed by atoms with Gasteiger partial charge in [-0.2, -0.15) is 5.10 Å². The van der Waals surface area contributed by atoms with Crippen LogP contribution >= 0.6 is 11.6 Å². The van der Waals surface area contributed by atoms with Crippen LogP contribution < -0.4 is 5.32 Å². The molecule has 106 valence electrons. The number of nitrogens with zero attached hydrogens (tertiary/aromatic N) is 3. The molecule has 0 bridgehead atoms. The van der Waals surface area contributed by atoms with Crippen LogP contribution in [-0.4, -0.2) is 21.2 Å². The summed E-state index contributed by atoms with van der Waals surface area (Å²) in [6, 6.07) is 6.60. The van der Waals surface area contributed by atoms with Crippen LogP contribution in [0.3, 0.4) is 0 Å². The van der Waals surface area contributed by atoms with Crippen molar-refractivity contribution in [3.05, 3.63) is 57.4 Å². The number of hydrogen-bond donors (Lipinski definition) is 1. The van der Waals surface area contributed by atoms with Crippen molar-refractivity contribution >= 4 is 17.3 Å². The highest BCUT2D eigenvalue weighted by atomic mass is 35.5. The lowest BCUT2D eigenvalue weighted by atomic mass is 10.2. The maximum absolute atomic E-state index is 10.9. The molecule has 20 heavy (non-hydrogen) atoms. The van der Waals surface area contributed by atoms with Crippen LogP contribution in [0.25, 0.3) is 0 Å². The van der Waals surface area contributed by atoms with Gasteiger partial charge in [-0.15, -0.1) is 0 Å². The van der Waals surface area contributed by atoms with E-state index in [1.54, 1.807) is 18.3 Å². The van der Waals surface area contributed by atoms with E-state index < -0.39 is 4.92 Å². The monoisotopic (exact) mass is 294 g/mol. The Morgan fingerprint density at radius 2 is 2.30 bits per heavy atom. The Kier molecular flexibility index (Phi) is 5.09. The van der Waals surface area contributed by atoms with Gasteiger partial charge in [0, 0.05) is 42.1 Å². The third-order valence-corrected chi connectivity index (χ3v) is 3.09. The van der Waals surface area contributed by atoms with Crippen LogP contribution in [0.15, 0.2) is 36.7 Å². The number of benzene rings is 1. The smallest absolute Gasteiger partial charge is 0.275 e. The normalized spacial score (nSPS) is 10.7. The first-order valence-electron chi connectivity index (χ1n) is 6.28. The molecule has 1 N–H and O–H groups in total. The molecule has 0 unspecified atom stereocenters. The van der Waals surface area contributed by atoms with E-state index in [9.17, 15) is 10.1 Å². The quantitative estimate of drug-likeness (QED) is 0.484. The van der Waals surface area contributed by atoms with Gasteiger partial charge in [0.2, 0.25) is 0 Å².